The lowest BCUT2D eigenvalue weighted by molar-refractivity contribution is -0.154. The van der Waals surface area contributed by atoms with Gasteiger partial charge in [-0.05, 0) is 27.2 Å². The van der Waals surface area contributed by atoms with E-state index in [-0.39, 0.29) is 6.61 Å². The number of cyclic esters (lactones) is 1. The summed E-state index contributed by atoms with van der Waals surface area (Å²) >= 11 is 0. The van der Waals surface area contributed by atoms with Gasteiger partial charge in [-0.2, -0.15) is 0 Å². The third kappa shape index (κ3) is 4.05. The lowest BCUT2D eigenvalue weighted by Gasteiger charge is -2.28. The van der Waals surface area contributed by atoms with Crippen LogP contribution in [-0.2, 0) is 19.1 Å². The normalized spacial score (nSPS) is 24.8. The van der Waals surface area contributed by atoms with Gasteiger partial charge in [0.1, 0.15) is 17.9 Å². The van der Waals surface area contributed by atoms with Crippen LogP contribution < -0.4 is 5.32 Å². The molecular weight excluding hydrogens is 226 g/mol. The Hall–Kier alpha value is -1.59. The average Bonchev–Trinajstić information content (AvgIpc) is 2.18. The summed E-state index contributed by atoms with van der Waals surface area (Å²) in [5.74, 6) is -1.15. The Kier molecular flexibility index (Phi) is 4.09. The fraction of sp³-hybridized carbons (Fsp3) is 0.727. The highest BCUT2D eigenvalue weighted by Crippen LogP contribution is 2.15. The first-order valence-electron chi connectivity index (χ1n) is 5.45. The number of hydrogen-bond donors (Lipinski definition) is 1. The lowest BCUT2D eigenvalue weighted by Crippen LogP contribution is -2.51. The van der Waals surface area contributed by atoms with Gasteiger partial charge in [-0.1, -0.05) is 0 Å². The summed E-state index contributed by atoms with van der Waals surface area (Å²) in [5.41, 5.74) is -0.653. The SMILES string of the molecule is CC(C)(C)OC(=O)N[C@@H]1C(=O)OCC[C@H]1C=O. The van der Waals surface area contributed by atoms with Crippen LogP contribution in [0.3, 0.4) is 0 Å². The molecule has 1 heterocycles. The molecule has 0 aromatic carbocycles. The van der Waals surface area contributed by atoms with Crippen molar-refractivity contribution in [2.75, 3.05) is 6.61 Å². The van der Waals surface area contributed by atoms with Crippen molar-refractivity contribution in [2.24, 2.45) is 5.92 Å². The van der Waals surface area contributed by atoms with Crippen molar-refractivity contribution < 1.29 is 23.9 Å². The van der Waals surface area contributed by atoms with Gasteiger partial charge < -0.3 is 19.6 Å². The van der Waals surface area contributed by atoms with E-state index in [0.29, 0.717) is 12.7 Å². The Morgan fingerprint density at radius 3 is 2.71 bits per heavy atom. The lowest BCUT2D eigenvalue weighted by atomic mass is 9.96. The minimum Gasteiger partial charge on any atom is -0.464 e. The van der Waals surface area contributed by atoms with E-state index < -0.39 is 29.6 Å². The highest BCUT2D eigenvalue weighted by atomic mass is 16.6. The van der Waals surface area contributed by atoms with Crippen molar-refractivity contribution in [2.45, 2.75) is 38.8 Å². The van der Waals surface area contributed by atoms with Crippen molar-refractivity contribution in [1.82, 2.24) is 5.32 Å². The number of hydrogen-bond acceptors (Lipinski definition) is 5. The van der Waals surface area contributed by atoms with E-state index in [1.54, 1.807) is 20.8 Å². The highest BCUT2D eigenvalue weighted by Gasteiger charge is 2.35. The van der Waals surface area contributed by atoms with Crippen molar-refractivity contribution in [1.29, 1.82) is 0 Å². The molecule has 1 rings (SSSR count). The van der Waals surface area contributed by atoms with Crippen LogP contribution in [0, 0.1) is 5.92 Å². The van der Waals surface area contributed by atoms with Gasteiger partial charge in [-0.15, -0.1) is 0 Å². The van der Waals surface area contributed by atoms with E-state index >= 15 is 0 Å². The van der Waals surface area contributed by atoms with Gasteiger partial charge in [0.25, 0.3) is 0 Å². The molecule has 1 aliphatic rings. The first-order valence-corrected chi connectivity index (χ1v) is 5.45. The second-order valence-corrected chi connectivity index (χ2v) is 4.88. The maximum atomic E-state index is 11.5. The smallest absolute Gasteiger partial charge is 0.408 e. The molecule has 6 heteroatoms. The first kappa shape index (κ1) is 13.5. The highest BCUT2D eigenvalue weighted by molar-refractivity contribution is 5.85. The summed E-state index contributed by atoms with van der Waals surface area (Å²) in [6.45, 7) is 5.34. The quantitative estimate of drug-likeness (QED) is 0.568. The zero-order valence-electron chi connectivity index (χ0n) is 10.2. The maximum absolute atomic E-state index is 11.5. The van der Waals surface area contributed by atoms with E-state index in [1.165, 1.54) is 0 Å². The number of aldehydes is 1. The van der Waals surface area contributed by atoms with Crippen molar-refractivity contribution in [3.8, 4) is 0 Å². The zero-order valence-corrected chi connectivity index (χ0v) is 10.2. The van der Waals surface area contributed by atoms with Gasteiger partial charge >= 0.3 is 12.1 Å². The van der Waals surface area contributed by atoms with Crippen LogP contribution in [0.2, 0.25) is 0 Å². The minimum absolute atomic E-state index is 0.203. The minimum atomic E-state index is -0.948. The van der Waals surface area contributed by atoms with Gasteiger partial charge in [0.15, 0.2) is 0 Å². The molecule has 96 valence electrons. The molecule has 1 amide bonds. The third-order valence-corrected chi connectivity index (χ3v) is 2.22. The standard InChI is InChI=1S/C11H17NO5/c1-11(2,3)17-10(15)12-8-7(6-13)4-5-16-9(8)14/h6-8H,4-5H2,1-3H3,(H,12,15)/t7-,8-/m0/s1. The zero-order chi connectivity index (χ0) is 13.1. The number of alkyl carbamates (subject to hydrolysis) is 1. The van der Waals surface area contributed by atoms with Crippen LogP contribution in [0.5, 0.6) is 0 Å². The Balaban J connectivity index is 2.61. The van der Waals surface area contributed by atoms with Crippen LogP contribution in [0.15, 0.2) is 0 Å². The summed E-state index contributed by atoms with van der Waals surface area (Å²) in [5, 5.41) is 2.36. The van der Waals surface area contributed by atoms with E-state index in [1.807, 2.05) is 0 Å². The monoisotopic (exact) mass is 243 g/mol. The molecular formula is C11H17NO5. The molecule has 0 bridgehead atoms. The van der Waals surface area contributed by atoms with Crippen LogP contribution in [-0.4, -0.2) is 36.6 Å². The molecule has 1 fully saturated rings. The van der Waals surface area contributed by atoms with E-state index in [0.717, 1.165) is 0 Å². The van der Waals surface area contributed by atoms with Crippen LogP contribution in [0.4, 0.5) is 4.79 Å². The van der Waals surface area contributed by atoms with Gasteiger partial charge in [0.05, 0.1) is 6.61 Å². The van der Waals surface area contributed by atoms with Crippen molar-refractivity contribution in [3.63, 3.8) is 0 Å². The number of ether oxygens (including phenoxy) is 2. The fourth-order valence-electron chi connectivity index (χ4n) is 1.47. The molecule has 0 aliphatic carbocycles. The second kappa shape index (κ2) is 5.16. The maximum Gasteiger partial charge on any atom is 0.408 e. The second-order valence-electron chi connectivity index (χ2n) is 4.88. The van der Waals surface area contributed by atoms with Crippen LogP contribution in [0.1, 0.15) is 27.2 Å². The number of carbonyl (C=O) groups is 3. The predicted octanol–water partition coefficient (Wildman–Crippen LogP) is 0.642. The summed E-state index contributed by atoms with van der Waals surface area (Å²) in [6.07, 6.45) is 0.339. The first-order chi connectivity index (χ1) is 7.83. The summed E-state index contributed by atoms with van der Waals surface area (Å²) in [6, 6.07) is -0.948. The van der Waals surface area contributed by atoms with Gasteiger partial charge in [0.2, 0.25) is 0 Å². The average molecular weight is 243 g/mol. The summed E-state index contributed by atoms with van der Waals surface area (Å²) < 4.78 is 9.79. The van der Waals surface area contributed by atoms with Crippen molar-refractivity contribution in [3.05, 3.63) is 0 Å². The molecule has 1 N–H and O–H groups in total. The Bertz CT molecular complexity index is 320. The molecule has 6 nitrogen and oxygen atoms in total. The number of nitrogens with one attached hydrogen (secondary N) is 1. The molecule has 2 atom stereocenters. The van der Waals surface area contributed by atoms with Crippen LogP contribution >= 0.6 is 0 Å². The predicted molar refractivity (Wildman–Crippen MR) is 58.3 cm³/mol. The summed E-state index contributed by atoms with van der Waals surface area (Å²) in [4.78, 5) is 33.7. The van der Waals surface area contributed by atoms with Gasteiger partial charge in [0, 0.05) is 5.92 Å². The Morgan fingerprint density at radius 2 is 2.18 bits per heavy atom. The van der Waals surface area contributed by atoms with Gasteiger partial charge in [-0.25, -0.2) is 9.59 Å². The van der Waals surface area contributed by atoms with E-state index in [4.69, 9.17) is 9.47 Å². The third-order valence-electron chi connectivity index (χ3n) is 2.22. The number of carbonyl (C=O) groups excluding carboxylic acids is 3. The molecule has 0 spiro atoms. The number of amides is 1. The Morgan fingerprint density at radius 1 is 1.53 bits per heavy atom. The molecule has 0 aromatic rings. The van der Waals surface area contributed by atoms with E-state index in [9.17, 15) is 14.4 Å². The van der Waals surface area contributed by atoms with Crippen LogP contribution in [0.25, 0.3) is 0 Å². The van der Waals surface area contributed by atoms with Gasteiger partial charge in [-0.3, -0.25) is 0 Å². The number of rotatable bonds is 2. The molecule has 0 aromatic heterocycles. The molecule has 0 saturated carbocycles. The number of esters is 1. The molecule has 1 aliphatic heterocycles. The largest absolute Gasteiger partial charge is 0.464 e. The fourth-order valence-corrected chi connectivity index (χ4v) is 1.47. The molecule has 1 saturated heterocycles. The molecule has 0 radical (unpaired) electrons. The van der Waals surface area contributed by atoms with E-state index in [2.05, 4.69) is 5.32 Å². The topological polar surface area (TPSA) is 81.7 Å². The molecule has 17 heavy (non-hydrogen) atoms. The summed E-state index contributed by atoms with van der Waals surface area (Å²) in [7, 11) is 0. The Labute approximate surface area is 99.6 Å². The molecule has 0 unspecified atom stereocenters. The van der Waals surface area contributed by atoms with Crippen molar-refractivity contribution >= 4 is 18.3 Å².